The van der Waals surface area contributed by atoms with E-state index in [0.717, 1.165) is 5.56 Å². The zero-order valence-electron chi connectivity index (χ0n) is 16.6. The molecule has 2 aromatic rings. The maximum absolute atomic E-state index is 13.5. The molecule has 1 N–H and O–H groups in total. The van der Waals surface area contributed by atoms with Crippen LogP contribution in [-0.2, 0) is 8.22 Å². The van der Waals surface area contributed by atoms with Gasteiger partial charge in [-0.15, -0.1) is 6.58 Å². The van der Waals surface area contributed by atoms with Crippen LogP contribution in [0.2, 0.25) is 0 Å². The van der Waals surface area contributed by atoms with Gasteiger partial charge in [-0.2, -0.15) is 0 Å². The summed E-state index contributed by atoms with van der Waals surface area (Å²) in [5.41, 5.74) is 0.859. The third kappa shape index (κ3) is 4.51. The summed E-state index contributed by atoms with van der Waals surface area (Å²) in [7, 11) is 0. The van der Waals surface area contributed by atoms with Gasteiger partial charge in [0.2, 0.25) is 0 Å². The van der Waals surface area contributed by atoms with Crippen molar-refractivity contribution in [2.75, 3.05) is 0 Å². The number of hydrogen-bond donors (Lipinski definition) is 1. The fraction of sp³-hybridized carbons (Fsp3) is 0.160. The Labute approximate surface area is 189 Å². The second-order valence-electron chi connectivity index (χ2n) is 7.22. The lowest BCUT2D eigenvalue weighted by atomic mass is 9.78. The summed E-state index contributed by atoms with van der Waals surface area (Å²) in [5.74, 6) is -1.29. The van der Waals surface area contributed by atoms with Crippen LogP contribution in [-0.4, -0.2) is 28.1 Å². The SMILES string of the molecule is C=CCC(=NC1(C)C=CC(I)(c2ccccc2)C=C1C(=O)c1ccccc1)C(=O)O. The molecule has 0 bridgehead atoms. The molecule has 0 amide bonds. The van der Waals surface area contributed by atoms with Gasteiger partial charge in [-0.25, -0.2) is 4.79 Å². The van der Waals surface area contributed by atoms with E-state index in [1.54, 1.807) is 19.1 Å². The van der Waals surface area contributed by atoms with Crippen molar-refractivity contribution >= 4 is 40.1 Å². The molecule has 0 aliphatic heterocycles. The first kappa shape index (κ1) is 21.9. The highest BCUT2D eigenvalue weighted by atomic mass is 127. The summed E-state index contributed by atoms with van der Waals surface area (Å²) in [6.07, 6.45) is 7.31. The molecule has 30 heavy (non-hydrogen) atoms. The van der Waals surface area contributed by atoms with Crippen molar-refractivity contribution in [1.82, 2.24) is 0 Å². The molecular formula is C25H22INO3. The van der Waals surface area contributed by atoms with E-state index in [1.165, 1.54) is 6.08 Å². The van der Waals surface area contributed by atoms with Crippen LogP contribution < -0.4 is 0 Å². The third-order valence-electron chi connectivity index (χ3n) is 5.00. The van der Waals surface area contributed by atoms with Gasteiger partial charge in [0.1, 0.15) is 11.3 Å². The van der Waals surface area contributed by atoms with E-state index in [2.05, 4.69) is 34.2 Å². The van der Waals surface area contributed by atoms with Crippen molar-refractivity contribution in [2.45, 2.75) is 22.3 Å². The molecule has 0 radical (unpaired) electrons. The Morgan fingerprint density at radius 2 is 1.67 bits per heavy atom. The first-order valence-electron chi connectivity index (χ1n) is 9.50. The van der Waals surface area contributed by atoms with Gasteiger partial charge in [-0.05, 0) is 12.5 Å². The highest BCUT2D eigenvalue weighted by Gasteiger charge is 2.40. The molecule has 2 unspecified atom stereocenters. The van der Waals surface area contributed by atoms with Gasteiger partial charge in [0.05, 0.1) is 3.42 Å². The van der Waals surface area contributed by atoms with Crippen LogP contribution in [0.25, 0.3) is 0 Å². The van der Waals surface area contributed by atoms with Gasteiger partial charge < -0.3 is 5.11 Å². The fourth-order valence-corrected chi connectivity index (χ4v) is 4.24. The molecule has 0 saturated heterocycles. The number of carbonyl (C=O) groups is 2. The van der Waals surface area contributed by atoms with Gasteiger partial charge in [0.25, 0.3) is 0 Å². The third-order valence-corrected chi connectivity index (χ3v) is 6.29. The lowest BCUT2D eigenvalue weighted by Crippen LogP contribution is -2.35. The minimum atomic E-state index is -1.12. The summed E-state index contributed by atoms with van der Waals surface area (Å²) in [5, 5.41) is 9.56. The van der Waals surface area contributed by atoms with Crippen molar-refractivity contribution in [3.8, 4) is 0 Å². The lowest BCUT2D eigenvalue weighted by molar-refractivity contribution is -0.129. The summed E-state index contributed by atoms with van der Waals surface area (Å²) < 4.78 is -0.546. The van der Waals surface area contributed by atoms with Crippen LogP contribution in [0.1, 0.15) is 29.3 Å². The molecule has 152 valence electrons. The van der Waals surface area contributed by atoms with Crippen molar-refractivity contribution in [3.05, 3.63) is 108 Å². The first-order valence-corrected chi connectivity index (χ1v) is 10.6. The van der Waals surface area contributed by atoms with Crippen molar-refractivity contribution < 1.29 is 14.7 Å². The second-order valence-corrected chi connectivity index (χ2v) is 9.01. The number of carbonyl (C=O) groups excluding carboxylic acids is 1. The average Bonchev–Trinajstić information content (AvgIpc) is 2.76. The van der Waals surface area contributed by atoms with Crippen LogP contribution in [0, 0.1) is 0 Å². The highest BCUT2D eigenvalue weighted by Crippen LogP contribution is 2.44. The molecule has 1 aliphatic rings. The van der Waals surface area contributed by atoms with Crippen molar-refractivity contribution in [2.24, 2.45) is 4.99 Å². The molecule has 5 heteroatoms. The summed E-state index contributed by atoms with van der Waals surface area (Å²) in [4.78, 5) is 29.7. The van der Waals surface area contributed by atoms with E-state index >= 15 is 0 Å². The Hall–Kier alpha value is -2.80. The maximum atomic E-state index is 13.5. The monoisotopic (exact) mass is 511 g/mol. The lowest BCUT2D eigenvalue weighted by Gasteiger charge is -2.34. The number of ketones is 1. The standard InChI is InChI=1S/C25H22INO3/c1-3-10-21(23(29)30)27-24(2)15-16-25(26,19-13-8-5-9-14-19)17-20(24)22(28)18-11-6-4-7-12-18/h3-9,11-17H,1,10H2,2H3,(H,29,30). The number of alkyl halides is 1. The van der Waals surface area contributed by atoms with E-state index in [4.69, 9.17) is 0 Å². The molecule has 0 aromatic heterocycles. The molecular weight excluding hydrogens is 489 g/mol. The number of benzene rings is 2. The van der Waals surface area contributed by atoms with Crippen LogP contribution in [0.4, 0.5) is 0 Å². The quantitative estimate of drug-likeness (QED) is 0.174. The Kier molecular flexibility index (Phi) is 6.51. The fourth-order valence-electron chi connectivity index (χ4n) is 3.39. The summed E-state index contributed by atoms with van der Waals surface area (Å²) in [6.45, 7) is 5.39. The molecule has 2 aromatic carbocycles. The predicted molar refractivity (Wildman–Crippen MR) is 128 cm³/mol. The smallest absolute Gasteiger partial charge is 0.350 e. The number of Topliss-reactive ketones (excluding diaryl/α,β-unsaturated/α-hetero) is 1. The molecule has 2 atom stereocenters. The Balaban J connectivity index is 2.18. The topological polar surface area (TPSA) is 66.7 Å². The molecule has 3 rings (SSSR count). The normalized spacial score (nSPS) is 23.5. The summed E-state index contributed by atoms with van der Waals surface area (Å²) >= 11 is 2.31. The van der Waals surface area contributed by atoms with E-state index < -0.39 is 14.9 Å². The van der Waals surface area contributed by atoms with Crippen LogP contribution in [0.5, 0.6) is 0 Å². The number of hydrogen-bond acceptors (Lipinski definition) is 3. The Morgan fingerprint density at radius 1 is 1.07 bits per heavy atom. The van der Waals surface area contributed by atoms with Gasteiger partial charge in [0.15, 0.2) is 5.78 Å². The van der Waals surface area contributed by atoms with Gasteiger partial charge in [-0.3, -0.25) is 9.79 Å². The van der Waals surface area contributed by atoms with E-state index in [9.17, 15) is 14.7 Å². The van der Waals surface area contributed by atoms with E-state index in [-0.39, 0.29) is 17.9 Å². The Bertz CT molecular complexity index is 1060. The number of aliphatic imine (C=N–C) groups is 1. The van der Waals surface area contributed by atoms with E-state index in [1.807, 2.05) is 66.8 Å². The number of rotatable bonds is 7. The first-order chi connectivity index (χ1) is 14.3. The summed E-state index contributed by atoms with van der Waals surface area (Å²) in [6, 6.07) is 18.8. The minimum absolute atomic E-state index is 0.0374. The zero-order valence-corrected chi connectivity index (χ0v) is 18.7. The Morgan fingerprint density at radius 3 is 2.23 bits per heavy atom. The second kappa shape index (κ2) is 8.92. The molecule has 0 heterocycles. The minimum Gasteiger partial charge on any atom is -0.477 e. The van der Waals surface area contributed by atoms with Crippen LogP contribution in [0.3, 0.4) is 0 Å². The average molecular weight is 511 g/mol. The highest BCUT2D eigenvalue weighted by molar-refractivity contribution is 14.1. The molecule has 0 saturated carbocycles. The largest absolute Gasteiger partial charge is 0.477 e. The number of allylic oxidation sites excluding steroid dienone is 3. The number of carboxylic acid groups (broad SMARTS) is 1. The molecule has 0 fully saturated rings. The number of aliphatic carboxylic acids is 1. The maximum Gasteiger partial charge on any atom is 0.350 e. The van der Waals surface area contributed by atoms with Gasteiger partial charge in [-0.1, -0.05) is 108 Å². The number of nitrogens with zero attached hydrogens (tertiary/aromatic N) is 1. The predicted octanol–water partition coefficient (Wildman–Crippen LogP) is 5.56. The zero-order chi connectivity index (χ0) is 21.8. The van der Waals surface area contributed by atoms with E-state index in [0.29, 0.717) is 11.1 Å². The van der Waals surface area contributed by atoms with Crippen LogP contribution in [0.15, 0.2) is 102 Å². The molecule has 1 aliphatic carbocycles. The van der Waals surface area contributed by atoms with Gasteiger partial charge >= 0.3 is 5.97 Å². The van der Waals surface area contributed by atoms with Crippen molar-refractivity contribution in [1.29, 1.82) is 0 Å². The van der Waals surface area contributed by atoms with Gasteiger partial charge in [0, 0.05) is 17.6 Å². The molecule has 4 nitrogen and oxygen atoms in total. The molecule has 0 spiro atoms. The number of carboxylic acids is 1. The van der Waals surface area contributed by atoms with Crippen LogP contribution >= 0.6 is 22.6 Å². The van der Waals surface area contributed by atoms with Crippen molar-refractivity contribution in [3.63, 3.8) is 0 Å². The number of halogens is 1.